The first-order valence-corrected chi connectivity index (χ1v) is 5.78. The molecule has 1 aliphatic rings. The molecule has 1 rings (SSSR count). The molecular weight excluding hydrogens is 265 g/mol. The number of rotatable bonds is 3. The van der Waals surface area contributed by atoms with Gasteiger partial charge in [0.15, 0.2) is 6.54 Å². The molecule has 0 aliphatic carbocycles. The summed E-state index contributed by atoms with van der Waals surface area (Å²) >= 11 is 0. The van der Waals surface area contributed by atoms with E-state index in [2.05, 4.69) is 12.2 Å². The second-order valence-corrected chi connectivity index (χ2v) is 4.35. The number of carbonyl (C=O) groups excluding carboxylic acids is 1. The maximum absolute atomic E-state index is 11.4. The zero-order valence-electron chi connectivity index (χ0n) is 10.1. The number of likely N-dealkylation sites (tertiary alicyclic amines) is 1. The van der Waals surface area contributed by atoms with E-state index in [0.717, 1.165) is 11.0 Å². The predicted octanol–water partition coefficient (Wildman–Crippen LogP) is 1.14. The summed E-state index contributed by atoms with van der Waals surface area (Å²) in [7, 11) is 1.73. The minimum atomic E-state index is 0. The van der Waals surface area contributed by atoms with Crippen molar-refractivity contribution in [2.45, 2.75) is 32.6 Å². The Hall–Kier alpha value is 0.534. The average Bonchev–Trinajstić information content (AvgIpc) is 2.44. The Labute approximate surface area is 118 Å². The summed E-state index contributed by atoms with van der Waals surface area (Å²) in [5.74, 6) is 0.189. The van der Waals surface area contributed by atoms with Crippen molar-refractivity contribution >= 4 is 5.91 Å². The fourth-order valence-electron chi connectivity index (χ4n) is 2.33. The van der Waals surface area contributed by atoms with Crippen LogP contribution in [0.1, 0.15) is 32.6 Å². The van der Waals surface area contributed by atoms with Crippen LogP contribution in [-0.4, -0.2) is 43.6 Å². The molecule has 0 spiro atoms. The molecule has 1 fully saturated rings. The van der Waals surface area contributed by atoms with Crippen LogP contribution in [0.5, 0.6) is 0 Å². The van der Waals surface area contributed by atoms with Crippen LogP contribution in [0.25, 0.3) is 0 Å². The van der Waals surface area contributed by atoms with Crippen molar-refractivity contribution in [3.63, 3.8) is 0 Å². The molecule has 0 aromatic heterocycles. The summed E-state index contributed by atoms with van der Waals surface area (Å²) in [5.41, 5.74) is 0. The van der Waals surface area contributed by atoms with Crippen LogP contribution < -0.4 is 5.32 Å². The van der Waals surface area contributed by atoms with Gasteiger partial charge in [-0.2, -0.15) is 0 Å². The Balaban J connectivity index is 0.00000196. The minimum Gasteiger partial charge on any atom is -0.354 e. The Kier molecular flexibility index (Phi) is 8.03. The molecule has 3 nitrogen and oxygen atoms in total. The third-order valence-electron chi connectivity index (χ3n) is 3.44. The van der Waals surface area contributed by atoms with Crippen molar-refractivity contribution in [1.29, 1.82) is 0 Å². The molecule has 1 N–H and O–H groups in total. The van der Waals surface area contributed by atoms with E-state index in [1.165, 1.54) is 38.8 Å². The summed E-state index contributed by atoms with van der Waals surface area (Å²) in [5, 5.41) is 2.74. The second-order valence-electron chi connectivity index (χ2n) is 4.35. The number of hydrogen-bond acceptors (Lipinski definition) is 1. The Morgan fingerprint density at radius 2 is 1.73 bits per heavy atom. The maximum Gasteiger partial charge on any atom is 0.275 e. The van der Waals surface area contributed by atoms with Gasteiger partial charge < -0.3 is 9.80 Å². The quantitative estimate of drug-likeness (QED) is 0.775. The van der Waals surface area contributed by atoms with Crippen LogP contribution >= 0.6 is 0 Å². The van der Waals surface area contributed by atoms with Crippen molar-refractivity contribution < 1.29 is 42.0 Å². The normalized spacial score (nSPS) is 19.9. The molecule has 15 heavy (non-hydrogen) atoms. The van der Waals surface area contributed by atoms with Crippen LogP contribution in [0.3, 0.4) is 0 Å². The summed E-state index contributed by atoms with van der Waals surface area (Å²) < 4.78 is 1.000. The second kappa shape index (κ2) is 7.75. The smallest absolute Gasteiger partial charge is 0.275 e. The molecule has 0 bridgehead atoms. The number of nitrogens with zero attached hydrogens (tertiary/aromatic N) is 1. The fourth-order valence-corrected chi connectivity index (χ4v) is 2.33. The van der Waals surface area contributed by atoms with Crippen LogP contribution in [0.2, 0.25) is 0 Å². The average molecular weight is 288 g/mol. The molecule has 1 aliphatic heterocycles. The van der Waals surface area contributed by atoms with Gasteiger partial charge in [-0.1, -0.05) is 0 Å². The van der Waals surface area contributed by atoms with Gasteiger partial charge in [-0.05, 0) is 32.6 Å². The first-order valence-electron chi connectivity index (χ1n) is 5.78. The van der Waals surface area contributed by atoms with E-state index in [9.17, 15) is 4.79 Å². The molecule has 0 atom stereocenters. The van der Waals surface area contributed by atoms with Crippen molar-refractivity contribution in [2.24, 2.45) is 0 Å². The Bertz CT molecular complexity index is 189. The van der Waals surface area contributed by atoms with Gasteiger partial charge in [0.05, 0.1) is 19.6 Å². The molecule has 0 aromatic rings. The molecular formula is C11H23N2OY+. The summed E-state index contributed by atoms with van der Waals surface area (Å²) in [6.45, 7) is 6.34. The zero-order valence-corrected chi connectivity index (χ0v) is 12.9. The molecule has 1 saturated heterocycles. The Morgan fingerprint density at radius 3 is 2.13 bits per heavy atom. The van der Waals surface area contributed by atoms with Crippen LogP contribution in [0.15, 0.2) is 0 Å². The molecule has 85 valence electrons. The van der Waals surface area contributed by atoms with Crippen LogP contribution in [0.4, 0.5) is 0 Å². The molecule has 0 aromatic carbocycles. The van der Waals surface area contributed by atoms with Gasteiger partial charge in [0, 0.05) is 39.8 Å². The summed E-state index contributed by atoms with van der Waals surface area (Å²) in [6, 6.07) is 0. The largest absolute Gasteiger partial charge is 0.354 e. The Morgan fingerprint density at radius 1 is 1.20 bits per heavy atom. The van der Waals surface area contributed by atoms with Gasteiger partial charge in [-0.15, -0.1) is 0 Å². The fraction of sp³-hybridized carbons (Fsp3) is 0.909. The SMILES string of the molecule is CC[N+]1(CC(=O)NC)CCCCCC1.[Y]. The first-order chi connectivity index (χ1) is 6.72. The van der Waals surface area contributed by atoms with Gasteiger partial charge >= 0.3 is 0 Å². The first kappa shape index (κ1) is 15.5. The molecule has 0 unspecified atom stereocenters. The van der Waals surface area contributed by atoms with E-state index in [0.29, 0.717) is 6.54 Å². The zero-order chi connectivity index (χ0) is 10.4. The summed E-state index contributed by atoms with van der Waals surface area (Å²) in [6.07, 6.45) is 5.25. The van der Waals surface area contributed by atoms with Gasteiger partial charge in [-0.3, -0.25) is 4.79 Å². The monoisotopic (exact) mass is 288 g/mol. The number of nitrogens with one attached hydrogen (secondary N) is 1. The maximum atomic E-state index is 11.4. The predicted molar refractivity (Wildman–Crippen MR) is 57.9 cm³/mol. The number of amides is 1. The van der Waals surface area contributed by atoms with Crippen molar-refractivity contribution in [2.75, 3.05) is 33.2 Å². The third-order valence-corrected chi connectivity index (χ3v) is 3.44. The van der Waals surface area contributed by atoms with Gasteiger partial charge in [0.1, 0.15) is 0 Å². The van der Waals surface area contributed by atoms with E-state index < -0.39 is 0 Å². The van der Waals surface area contributed by atoms with Crippen molar-refractivity contribution in [3.05, 3.63) is 0 Å². The number of quaternary nitrogens is 1. The van der Waals surface area contributed by atoms with Gasteiger partial charge in [-0.25, -0.2) is 0 Å². The molecule has 1 heterocycles. The van der Waals surface area contributed by atoms with Crippen LogP contribution in [-0.2, 0) is 37.5 Å². The topological polar surface area (TPSA) is 29.1 Å². The van der Waals surface area contributed by atoms with Crippen molar-refractivity contribution in [1.82, 2.24) is 5.32 Å². The van der Waals surface area contributed by atoms with Gasteiger partial charge in [0.25, 0.3) is 5.91 Å². The van der Waals surface area contributed by atoms with Crippen molar-refractivity contribution in [3.8, 4) is 0 Å². The van der Waals surface area contributed by atoms with Crippen LogP contribution in [0, 0.1) is 0 Å². The van der Waals surface area contributed by atoms with E-state index in [-0.39, 0.29) is 38.6 Å². The summed E-state index contributed by atoms with van der Waals surface area (Å²) in [4.78, 5) is 11.4. The van der Waals surface area contributed by atoms with E-state index in [1.807, 2.05) is 0 Å². The number of hydrogen-bond donors (Lipinski definition) is 1. The van der Waals surface area contributed by atoms with E-state index >= 15 is 0 Å². The van der Waals surface area contributed by atoms with E-state index in [1.54, 1.807) is 7.05 Å². The number of carbonyl (C=O) groups is 1. The molecule has 0 saturated carbocycles. The standard InChI is InChI=1S/C11H22N2O.Y/c1-3-13(10-11(14)12-2)8-6-4-5-7-9-13;/h3-10H2,1-2H3;/p+1. The molecule has 1 radical (unpaired) electrons. The molecule has 1 amide bonds. The minimum absolute atomic E-state index is 0. The number of likely N-dealkylation sites (N-methyl/N-ethyl adjacent to an activating group) is 2. The van der Waals surface area contributed by atoms with E-state index in [4.69, 9.17) is 0 Å². The third kappa shape index (κ3) is 4.92. The van der Waals surface area contributed by atoms with Gasteiger partial charge in [0.2, 0.25) is 0 Å². The molecule has 4 heteroatoms.